The number of rotatable bonds is 6. The molecule has 1 heterocycles. The average molecular weight is 349 g/mol. The highest BCUT2D eigenvalue weighted by molar-refractivity contribution is 9.10. The van der Waals surface area contributed by atoms with Gasteiger partial charge in [0, 0.05) is 16.9 Å². The van der Waals surface area contributed by atoms with Crippen LogP contribution in [0.5, 0.6) is 5.75 Å². The van der Waals surface area contributed by atoms with Gasteiger partial charge in [0.05, 0.1) is 13.2 Å². The first-order chi connectivity index (χ1) is 10.2. The van der Waals surface area contributed by atoms with Crippen LogP contribution in [-0.2, 0) is 0 Å². The third kappa shape index (κ3) is 4.05. The van der Waals surface area contributed by atoms with Gasteiger partial charge >= 0.3 is 0 Å². The number of halogens is 1. The Bertz CT molecular complexity index is 601. The Balaban J connectivity index is 2.40. The number of pyridine rings is 1. The van der Waals surface area contributed by atoms with E-state index in [9.17, 15) is 0 Å². The van der Waals surface area contributed by atoms with E-state index in [1.54, 1.807) is 13.3 Å². The van der Waals surface area contributed by atoms with Gasteiger partial charge in [-0.2, -0.15) is 0 Å². The van der Waals surface area contributed by atoms with Crippen LogP contribution in [0, 0.1) is 6.92 Å². The van der Waals surface area contributed by atoms with Crippen molar-refractivity contribution in [1.82, 2.24) is 10.3 Å². The molecule has 0 aliphatic carbocycles. The standard InChI is InChI=1S/C17H21BrN2O/c1-4-7-20-17(13-9-14(18)11-19-10-13)16-6-5-15(21-3)8-12(16)2/h5-6,8-11,17,20H,4,7H2,1-3H3. The van der Waals surface area contributed by atoms with E-state index in [0.29, 0.717) is 0 Å². The molecule has 0 radical (unpaired) electrons. The van der Waals surface area contributed by atoms with Crippen molar-refractivity contribution >= 4 is 15.9 Å². The second-order valence-electron chi connectivity index (χ2n) is 5.05. The van der Waals surface area contributed by atoms with Gasteiger partial charge in [0.15, 0.2) is 0 Å². The number of methoxy groups -OCH3 is 1. The highest BCUT2D eigenvalue weighted by Gasteiger charge is 2.16. The maximum atomic E-state index is 5.30. The fourth-order valence-electron chi connectivity index (χ4n) is 2.38. The van der Waals surface area contributed by atoms with E-state index in [0.717, 1.165) is 28.8 Å². The lowest BCUT2D eigenvalue weighted by Gasteiger charge is -2.22. The summed E-state index contributed by atoms with van der Waals surface area (Å²) in [6.07, 6.45) is 4.82. The Kier molecular flexibility index (Phi) is 5.76. The Hall–Kier alpha value is -1.39. The fourth-order valence-corrected chi connectivity index (χ4v) is 2.76. The SMILES string of the molecule is CCCNC(c1cncc(Br)c1)c1ccc(OC)cc1C. The topological polar surface area (TPSA) is 34.2 Å². The highest BCUT2D eigenvalue weighted by atomic mass is 79.9. The largest absolute Gasteiger partial charge is 0.497 e. The third-order valence-electron chi connectivity index (χ3n) is 3.45. The van der Waals surface area contributed by atoms with E-state index >= 15 is 0 Å². The molecular formula is C17H21BrN2O. The summed E-state index contributed by atoms with van der Waals surface area (Å²) in [6.45, 7) is 5.25. The lowest BCUT2D eigenvalue weighted by Crippen LogP contribution is -2.24. The molecule has 1 N–H and O–H groups in total. The summed E-state index contributed by atoms with van der Waals surface area (Å²) in [5.41, 5.74) is 3.62. The maximum Gasteiger partial charge on any atom is 0.119 e. The van der Waals surface area contributed by atoms with Crippen molar-refractivity contribution in [3.05, 3.63) is 57.8 Å². The van der Waals surface area contributed by atoms with Gasteiger partial charge in [-0.1, -0.05) is 13.0 Å². The number of benzene rings is 1. The fraction of sp³-hybridized carbons (Fsp3) is 0.353. The maximum absolute atomic E-state index is 5.30. The van der Waals surface area contributed by atoms with E-state index in [-0.39, 0.29) is 6.04 Å². The van der Waals surface area contributed by atoms with Crippen LogP contribution in [0.3, 0.4) is 0 Å². The predicted octanol–water partition coefficient (Wildman–Crippen LogP) is 4.25. The average Bonchev–Trinajstić information content (AvgIpc) is 2.49. The summed E-state index contributed by atoms with van der Waals surface area (Å²) < 4.78 is 6.29. The van der Waals surface area contributed by atoms with Gasteiger partial charge in [-0.05, 0) is 70.7 Å². The van der Waals surface area contributed by atoms with Crippen molar-refractivity contribution in [1.29, 1.82) is 0 Å². The number of aryl methyl sites for hydroxylation is 1. The van der Waals surface area contributed by atoms with Crippen molar-refractivity contribution in [3.63, 3.8) is 0 Å². The molecule has 0 bridgehead atoms. The summed E-state index contributed by atoms with van der Waals surface area (Å²) in [4.78, 5) is 4.29. The molecule has 0 amide bonds. The minimum absolute atomic E-state index is 0.140. The summed E-state index contributed by atoms with van der Waals surface area (Å²) in [7, 11) is 1.69. The monoisotopic (exact) mass is 348 g/mol. The van der Waals surface area contributed by atoms with E-state index < -0.39 is 0 Å². The Morgan fingerprint density at radius 2 is 2.10 bits per heavy atom. The minimum Gasteiger partial charge on any atom is -0.497 e. The molecule has 2 aromatic rings. The number of aromatic nitrogens is 1. The molecule has 0 aliphatic rings. The molecule has 0 saturated heterocycles. The van der Waals surface area contributed by atoms with Crippen LogP contribution in [0.4, 0.5) is 0 Å². The Morgan fingerprint density at radius 3 is 2.71 bits per heavy atom. The number of ether oxygens (including phenoxy) is 1. The van der Waals surface area contributed by atoms with E-state index in [2.05, 4.69) is 58.3 Å². The van der Waals surface area contributed by atoms with Gasteiger partial charge < -0.3 is 10.1 Å². The number of hydrogen-bond acceptors (Lipinski definition) is 3. The molecule has 1 aromatic carbocycles. The summed E-state index contributed by atoms with van der Waals surface area (Å²) in [6, 6.07) is 8.46. The molecule has 0 aliphatic heterocycles. The van der Waals surface area contributed by atoms with Crippen LogP contribution < -0.4 is 10.1 Å². The van der Waals surface area contributed by atoms with E-state index in [1.165, 1.54) is 11.1 Å². The first-order valence-corrected chi connectivity index (χ1v) is 7.93. The number of hydrogen-bond donors (Lipinski definition) is 1. The normalized spacial score (nSPS) is 12.2. The van der Waals surface area contributed by atoms with E-state index in [4.69, 9.17) is 4.74 Å². The van der Waals surface area contributed by atoms with Gasteiger partial charge in [0.25, 0.3) is 0 Å². The van der Waals surface area contributed by atoms with Crippen LogP contribution in [-0.4, -0.2) is 18.6 Å². The summed E-state index contributed by atoms with van der Waals surface area (Å²) >= 11 is 3.50. The van der Waals surface area contributed by atoms with Crippen molar-refractivity contribution in [2.45, 2.75) is 26.3 Å². The van der Waals surface area contributed by atoms with Crippen molar-refractivity contribution in [2.75, 3.05) is 13.7 Å². The molecule has 1 atom stereocenters. The second kappa shape index (κ2) is 7.57. The molecule has 0 spiro atoms. The van der Waals surface area contributed by atoms with Crippen molar-refractivity contribution in [2.24, 2.45) is 0 Å². The minimum atomic E-state index is 0.140. The van der Waals surface area contributed by atoms with Crippen LogP contribution in [0.1, 0.15) is 36.1 Å². The summed E-state index contributed by atoms with van der Waals surface area (Å²) in [5, 5.41) is 3.61. The Labute approximate surface area is 134 Å². The molecule has 21 heavy (non-hydrogen) atoms. The van der Waals surface area contributed by atoms with Crippen LogP contribution in [0.15, 0.2) is 41.1 Å². The van der Waals surface area contributed by atoms with Gasteiger partial charge in [-0.3, -0.25) is 4.98 Å². The zero-order valence-electron chi connectivity index (χ0n) is 12.7. The molecule has 1 unspecified atom stereocenters. The van der Waals surface area contributed by atoms with Gasteiger partial charge in [0.1, 0.15) is 5.75 Å². The zero-order chi connectivity index (χ0) is 15.2. The van der Waals surface area contributed by atoms with E-state index in [1.807, 2.05) is 12.3 Å². The third-order valence-corrected chi connectivity index (χ3v) is 3.88. The van der Waals surface area contributed by atoms with Gasteiger partial charge in [-0.25, -0.2) is 0 Å². The zero-order valence-corrected chi connectivity index (χ0v) is 14.3. The molecule has 2 rings (SSSR count). The summed E-state index contributed by atoms with van der Waals surface area (Å²) in [5.74, 6) is 0.887. The van der Waals surface area contributed by atoms with Crippen LogP contribution in [0.25, 0.3) is 0 Å². The molecule has 3 nitrogen and oxygen atoms in total. The van der Waals surface area contributed by atoms with Gasteiger partial charge in [0.2, 0.25) is 0 Å². The van der Waals surface area contributed by atoms with Gasteiger partial charge in [-0.15, -0.1) is 0 Å². The predicted molar refractivity (Wildman–Crippen MR) is 89.8 cm³/mol. The number of nitrogens with one attached hydrogen (secondary N) is 1. The molecule has 112 valence electrons. The molecule has 4 heteroatoms. The van der Waals surface area contributed by atoms with Crippen molar-refractivity contribution in [3.8, 4) is 5.75 Å². The molecule has 0 saturated carbocycles. The molecule has 1 aromatic heterocycles. The van der Waals surface area contributed by atoms with Crippen molar-refractivity contribution < 1.29 is 4.74 Å². The lowest BCUT2D eigenvalue weighted by atomic mass is 9.95. The van der Waals surface area contributed by atoms with Crippen LogP contribution >= 0.6 is 15.9 Å². The molecule has 0 fully saturated rings. The Morgan fingerprint density at radius 1 is 1.29 bits per heavy atom. The highest BCUT2D eigenvalue weighted by Crippen LogP contribution is 2.28. The first-order valence-electron chi connectivity index (χ1n) is 7.14. The first kappa shape index (κ1) is 16.0. The quantitative estimate of drug-likeness (QED) is 0.847. The van der Waals surface area contributed by atoms with Crippen LogP contribution in [0.2, 0.25) is 0 Å². The molecular weight excluding hydrogens is 328 g/mol. The second-order valence-corrected chi connectivity index (χ2v) is 5.96. The lowest BCUT2D eigenvalue weighted by molar-refractivity contribution is 0.414. The smallest absolute Gasteiger partial charge is 0.119 e. The number of nitrogens with zero attached hydrogens (tertiary/aromatic N) is 1.